The molecule has 5 nitrogen and oxygen atoms in total. The number of carbonyl (C=O) groups excluding carboxylic acids is 1. The van der Waals surface area contributed by atoms with Crippen LogP contribution in [0.15, 0.2) is 18.2 Å². The Morgan fingerprint density at radius 2 is 1.96 bits per heavy atom. The van der Waals surface area contributed by atoms with E-state index in [1.807, 2.05) is 19.9 Å². The minimum absolute atomic E-state index is 0.0167. The number of piperidine rings is 1. The van der Waals surface area contributed by atoms with E-state index in [0.29, 0.717) is 19.1 Å². The summed E-state index contributed by atoms with van der Waals surface area (Å²) < 4.78 is 11.4. The van der Waals surface area contributed by atoms with Gasteiger partial charge in [-0.1, -0.05) is 26.0 Å². The Bertz CT molecular complexity index is 589. The van der Waals surface area contributed by atoms with Gasteiger partial charge >= 0.3 is 0 Å². The summed E-state index contributed by atoms with van der Waals surface area (Å²) in [6, 6.07) is 6.21. The molecule has 0 spiro atoms. The molecule has 1 aliphatic heterocycles. The molecule has 146 valence electrons. The van der Waals surface area contributed by atoms with Crippen LogP contribution in [0.25, 0.3) is 0 Å². The van der Waals surface area contributed by atoms with Crippen molar-refractivity contribution in [2.45, 2.75) is 52.6 Å². The number of benzene rings is 1. The highest BCUT2D eigenvalue weighted by Gasteiger charge is 2.33. The van der Waals surface area contributed by atoms with Gasteiger partial charge < -0.3 is 20.1 Å². The first-order valence-corrected chi connectivity index (χ1v) is 9.61. The number of amides is 1. The molecule has 0 aliphatic carbocycles. The maximum absolute atomic E-state index is 12.6. The molecule has 2 N–H and O–H groups in total. The summed E-state index contributed by atoms with van der Waals surface area (Å²) in [6.45, 7) is 11.3. The van der Waals surface area contributed by atoms with Crippen LogP contribution in [0, 0.1) is 12.3 Å². The predicted molar refractivity (Wildman–Crippen MR) is 105 cm³/mol. The van der Waals surface area contributed by atoms with E-state index in [4.69, 9.17) is 9.47 Å². The van der Waals surface area contributed by atoms with Crippen molar-refractivity contribution < 1.29 is 14.3 Å². The summed E-state index contributed by atoms with van der Waals surface area (Å²) in [5.41, 5.74) is 2.28. The second kappa shape index (κ2) is 9.38. The first-order chi connectivity index (χ1) is 12.4. The fourth-order valence-corrected chi connectivity index (χ4v) is 3.40. The van der Waals surface area contributed by atoms with Crippen LogP contribution >= 0.6 is 0 Å². The first-order valence-electron chi connectivity index (χ1n) is 9.61. The van der Waals surface area contributed by atoms with Crippen molar-refractivity contribution in [3.8, 4) is 5.75 Å². The lowest BCUT2D eigenvalue weighted by Crippen LogP contribution is -2.49. The Morgan fingerprint density at radius 3 is 2.58 bits per heavy atom. The molecule has 1 saturated heterocycles. The van der Waals surface area contributed by atoms with E-state index in [1.165, 1.54) is 5.56 Å². The molecular formula is C21H34N2O3. The summed E-state index contributed by atoms with van der Waals surface area (Å²) >= 11 is 0. The molecule has 1 aliphatic rings. The van der Waals surface area contributed by atoms with Crippen LogP contribution in [-0.4, -0.2) is 45.4 Å². The minimum atomic E-state index is -0.530. The van der Waals surface area contributed by atoms with Crippen LogP contribution in [0.2, 0.25) is 0 Å². The van der Waals surface area contributed by atoms with E-state index in [9.17, 15) is 4.79 Å². The SMILES string of the molecule is COCC1(CNC(=O)C(C)Oc2cc(C(C)C)ccc2C)CCNCC1. The molecule has 1 aromatic carbocycles. The second-order valence-electron chi connectivity index (χ2n) is 7.84. The number of ether oxygens (including phenoxy) is 2. The normalized spacial score (nSPS) is 17.8. The molecule has 5 heteroatoms. The van der Waals surface area contributed by atoms with Crippen LogP contribution in [0.4, 0.5) is 0 Å². The molecule has 0 aromatic heterocycles. The van der Waals surface area contributed by atoms with Gasteiger partial charge in [-0.05, 0) is 62.9 Å². The zero-order chi connectivity index (χ0) is 19.2. The predicted octanol–water partition coefficient (Wildman–Crippen LogP) is 3.02. The maximum Gasteiger partial charge on any atom is 0.260 e. The molecule has 1 amide bonds. The van der Waals surface area contributed by atoms with E-state index >= 15 is 0 Å². The van der Waals surface area contributed by atoms with E-state index in [-0.39, 0.29) is 11.3 Å². The minimum Gasteiger partial charge on any atom is -0.481 e. The average molecular weight is 363 g/mol. The lowest BCUT2D eigenvalue weighted by molar-refractivity contribution is -0.128. The molecule has 26 heavy (non-hydrogen) atoms. The molecule has 1 aromatic rings. The molecule has 1 heterocycles. The number of rotatable bonds is 8. The zero-order valence-corrected chi connectivity index (χ0v) is 16.9. The lowest BCUT2D eigenvalue weighted by atomic mass is 9.79. The summed E-state index contributed by atoms with van der Waals surface area (Å²) in [5.74, 6) is 1.14. The topological polar surface area (TPSA) is 59.6 Å². The van der Waals surface area contributed by atoms with E-state index < -0.39 is 6.10 Å². The average Bonchev–Trinajstić information content (AvgIpc) is 2.62. The molecule has 1 fully saturated rings. The molecule has 0 saturated carbocycles. The third-order valence-corrected chi connectivity index (χ3v) is 5.30. The second-order valence-corrected chi connectivity index (χ2v) is 7.84. The van der Waals surface area contributed by atoms with Gasteiger partial charge in [0.05, 0.1) is 6.61 Å². The summed E-state index contributed by atoms with van der Waals surface area (Å²) in [7, 11) is 1.72. The molecule has 0 radical (unpaired) electrons. The van der Waals surface area contributed by atoms with E-state index in [1.54, 1.807) is 7.11 Å². The van der Waals surface area contributed by atoms with Gasteiger partial charge in [-0.3, -0.25) is 4.79 Å². The highest BCUT2D eigenvalue weighted by atomic mass is 16.5. The van der Waals surface area contributed by atoms with Gasteiger partial charge in [0.2, 0.25) is 0 Å². The molecular weight excluding hydrogens is 328 g/mol. The molecule has 0 bridgehead atoms. The van der Waals surface area contributed by atoms with E-state index in [2.05, 4.69) is 36.6 Å². The van der Waals surface area contributed by atoms with E-state index in [0.717, 1.165) is 37.2 Å². The Hall–Kier alpha value is -1.59. The summed E-state index contributed by atoms with van der Waals surface area (Å²) in [5, 5.41) is 6.45. The van der Waals surface area contributed by atoms with Gasteiger partial charge in [-0.15, -0.1) is 0 Å². The van der Waals surface area contributed by atoms with Crippen molar-refractivity contribution in [1.29, 1.82) is 0 Å². The lowest BCUT2D eigenvalue weighted by Gasteiger charge is -2.37. The van der Waals surface area contributed by atoms with Gasteiger partial charge in [-0.2, -0.15) is 0 Å². The molecule has 1 unspecified atom stereocenters. The van der Waals surface area contributed by atoms with Crippen LogP contribution < -0.4 is 15.4 Å². The number of nitrogens with one attached hydrogen (secondary N) is 2. The van der Waals surface area contributed by atoms with Crippen LogP contribution in [0.5, 0.6) is 5.75 Å². The standard InChI is InChI=1S/C21H34N2O3/c1-15(2)18-7-6-16(3)19(12-18)26-17(4)20(24)23-13-21(14-25-5)8-10-22-11-9-21/h6-7,12,15,17,22H,8-11,13-14H2,1-5H3,(H,23,24). The van der Waals surface area contributed by atoms with Gasteiger partial charge in [0.25, 0.3) is 5.91 Å². The highest BCUT2D eigenvalue weighted by molar-refractivity contribution is 5.80. The third kappa shape index (κ3) is 5.45. The van der Waals surface area contributed by atoms with Crippen LogP contribution in [0.3, 0.4) is 0 Å². The Balaban J connectivity index is 1.96. The maximum atomic E-state index is 12.6. The Kier molecular flexibility index (Phi) is 7.47. The smallest absolute Gasteiger partial charge is 0.260 e. The number of carbonyl (C=O) groups is 1. The number of methoxy groups -OCH3 is 1. The van der Waals surface area contributed by atoms with Crippen molar-refractivity contribution in [1.82, 2.24) is 10.6 Å². The quantitative estimate of drug-likeness (QED) is 0.746. The Morgan fingerprint density at radius 1 is 1.27 bits per heavy atom. The monoisotopic (exact) mass is 362 g/mol. The van der Waals surface area contributed by atoms with Gasteiger partial charge in [0.15, 0.2) is 6.10 Å². The fourth-order valence-electron chi connectivity index (χ4n) is 3.40. The van der Waals surface area contributed by atoms with Crippen molar-refractivity contribution in [2.75, 3.05) is 33.4 Å². The number of hydrogen-bond donors (Lipinski definition) is 2. The Labute approximate surface area is 157 Å². The summed E-state index contributed by atoms with van der Waals surface area (Å²) in [4.78, 5) is 12.6. The third-order valence-electron chi connectivity index (χ3n) is 5.30. The number of hydrogen-bond acceptors (Lipinski definition) is 4. The van der Waals surface area contributed by atoms with Crippen molar-refractivity contribution >= 4 is 5.91 Å². The van der Waals surface area contributed by atoms with Gasteiger partial charge in [0.1, 0.15) is 5.75 Å². The molecule has 1 atom stereocenters. The van der Waals surface area contributed by atoms with Gasteiger partial charge in [-0.25, -0.2) is 0 Å². The summed E-state index contributed by atoms with van der Waals surface area (Å²) in [6.07, 6.45) is 1.48. The fraction of sp³-hybridized carbons (Fsp3) is 0.667. The van der Waals surface area contributed by atoms with Crippen molar-refractivity contribution in [3.63, 3.8) is 0 Å². The van der Waals surface area contributed by atoms with Crippen LogP contribution in [-0.2, 0) is 9.53 Å². The van der Waals surface area contributed by atoms with Crippen molar-refractivity contribution in [2.24, 2.45) is 5.41 Å². The zero-order valence-electron chi connectivity index (χ0n) is 16.9. The number of aryl methyl sites for hydroxylation is 1. The van der Waals surface area contributed by atoms with Crippen LogP contribution in [0.1, 0.15) is 50.7 Å². The first kappa shape index (κ1) is 20.7. The van der Waals surface area contributed by atoms with Crippen molar-refractivity contribution in [3.05, 3.63) is 29.3 Å². The highest BCUT2D eigenvalue weighted by Crippen LogP contribution is 2.28. The molecule has 2 rings (SSSR count). The largest absolute Gasteiger partial charge is 0.481 e. The van der Waals surface area contributed by atoms with Gasteiger partial charge in [0, 0.05) is 19.1 Å².